The number of rotatable bonds is 9. The predicted molar refractivity (Wildman–Crippen MR) is 169 cm³/mol. The zero-order valence-corrected chi connectivity index (χ0v) is 27.3. The van der Waals surface area contributed by atoms with Crippen molar-refractivity contribution in [1.29, 1.82) is 0 Å². The second kappa shape index (κ2) is 15.5. The fraction of sp³-hybridized carbons (Fsp3) is 0.545. The Morgan fingerprint density at radius 1 is 0.635 bits per heavy atom. The highest BCUT2D eigenvalue weighted by molar-refractivity contribution is 5.88. The van der Waals surface area contributed by atoms with Crippen LogP contribution in [0.1, 0.15) is 6.92 Å². The van der Waals surface area contributed by atoms with Gasteiger partial charge in [-0.25, -0.2) is 4.42 Å². The lowest BCUT2D eigenvalue weighted by Crippen LogP contribution is -2.61. The van der Waals surface area contributed by atoms with Gasteiger partial charge in [-0.05, 0) is 31.2 Å². The number of fused-ring (bicyclic) bond motifs is 1. The van der Waals surface area contributed by atoms with Crippen LogP contribution in [-0.2, 0) is 18.9 Å². The normalized spacial score (nSPS) is 38.2. The Hall–Kier alpha value is -3.51. The lowest BCUT2D eigenvalue weighted by atomic mass is 9.98. The van der Waals surface area contributed by atoms with Crippen molar-refractivity contribution in [2.75, 3.05) is 13.2 Å². The molecular formula is C33H41O19+. The molecule has 6 rings (SSSR count). The minimum Gasteiger partial charge on any atom is -0.508 e. The monoisotopic (exact) mass is 741 g/mol. The van der Waals surface area contributed by atoms with E-state index in [0.717, 1.165) is 6.07 Å². The van der Waals surface area contributed by atoms with E-state index in [1.165, 1.54) is 43.3 Å². The van der Waals surface area contributed by atoms with Crippen LogP contribution in [0.3, 0.4) is 0 Å². The van der Waals surface area contributed by atoms with Crippen LogP contribution in [0.2, 0.25) is 0 Å². The predicted octanol–water partition coefficient (Wildman–Crippen LogP) is -3.00. The largest absolute Gasteiger partial charge is 0.508 e. The van der Waals surface area contributed by atoms with Gasteiger partial charge in [0, 0.05) is 12.1 Å². The molecule has 0 aliphatic carbocycles. The van der Waals surface area contributed by atoms with Gasteiger partial charge in [-0.3, -0.25) is 0 Å². The number of aromatic hydroxyl groups is 2. The molecule has 2 aromatic carbocycles. The average Bonchev–Trinajstić information content (AvgIpc) is 3.12. The first kappa shape index (κ1) is 38.2. The maximum atomic E-state index is 11.0. The van der Waals surface area contributed by atoms with Gasteiger partial charge < -0.3 is 89.7 Å². The molecule has 12 N–H and O–H groups in total. The topological polar surface area (TPSA) is 309 Å². The summed E-state index contributed by atoms with van der Waals surface area (Å²) in [5.74, 6) is -0.892. The Morgan fingerprint density at radius 3 is 1.87 bits per heavy atom. The van der Waals surface area contributed by atoms with Gasteiger partial charge in [0.25, 0.3) is 0 Å². The number of phenols is 2. The number of hydrogen-bond donors (Lipinski definition) is 12. The summed E-state index contributed by atoms with van der Waals surface area (Å²) in [6.07, 6.45) is -23.5. The van der Waals surface area contributed by atoms with Gasteiger partial charge >= 0.3 is 11.3 Å². The van der Waals surface area contributed by atoms with E-state index in [1.54, 1.807) is 0 Å². The van der Waals surface area contributed by atoms with Crippen molar-refractivity contribution in [3.63, 3.8) is 0 Å². The molecule has 0 radical (unpaired) electrons. The molecule has 19 heteroatoms. The van der Waals surface area contributed by atoms with Crippen LogP contribution in [0.25, 0.3) is 22.3 Å². The molecule has 0 amide bonds. The molecule has 0 bridgehead atoms. The Labute approximate surface area is 294 Å². The molecule has 1 aromatic heterocycles. The maximum Gasteiger partial charge on any atom is 0.402 e. The third kappa shape index (κ3) is 7.47. The Bertz CT molecular complexity index is 1670. The first-order valence-electron chi connectivity index (χ1n) is 16.3. The zero-order valence-electron chi connectivity index (χ0n) is 27.3. The minimum atomic E-state index is -1.86. The molecule has 3 fully saturated rings. The van der Waals surface area contributed by atoms with Crippen molar-refractivity contribution in [3.8, 4) is 34.3 Å². The minimum absolute atomic E-state index is 0.0164. The van der Waals surface area contributed by atoms with Crippen LogP contribution in [0.4, 0.5) is 0 Å². The number of benzene rings is 2. The molecule has 3 aliphatic heterocycles. The molecule has 0 saturated carbocycles. The summed E-state index contributed by atoms with van der Waals surface area (Å²) >= 11 is 0. The molecule has 19 nitrogen and oxygen atoms in total. The number of aliphatic hydroxyl groups is 10. The van der Waals surface area contributed by atoms with Gasteiger partial charge in [0.2, 0.25) is 18.3 Å². The third-order valence-corrected chi connectivity index (χ3v) is 9.18. The molecule has 15 unspecified atom stereocenters. The lowest BCUT2D eigenvalue weighted by molar-refractivity contribution is -0.318. The smallest absolute Gasteiger partial charge is 0.402 e. The van der Waals surface area contributed by atoms with Gasteiger partial charge in [-0.1, -0.05) is 0 Å². The quantitative estimate of drug-likeness (QED) is 0.0973. The molecular weight excluding hydrogens is 700 g/mol. The van der Waals surface area contributed by atoms with Crippen molar-refractivity contribution < 1.29 is 94.1 Å². The van der Waals surface area contributed by atoms with Crippen LogP contribution in [-0.4, -0.2) is 167 Å². The second-order valence-electron chi connectivity index (χ2n) is 12.8. The Kier molecular flexibility index (Phi) is 11.4. The highest BCUT2D eigenvalue weighted by atomic mass is 16.7. The molecule has 52 heavy (non-hydrogen) atoms. The van der Waals surface area contributed by atoms with Crippen molar-refractivity contribution >= 4 is 11.0 Å². The fourth-order valence-electron chi connectivity index (χ4n) is 6.06. The van der Waals surface area contributed by atoms with E-state index < -0.39 is 111 Å². The first-order chi connectivity index (χ1) is 24.7. The molecule has 3 saturated heterocycles. The number of phenolic OH excluding ortho intramolecular Hbond substituents is 2. The van der Waals surface area contributed by atoms with Gasteiger partial charge in [0.1, 0.15) is 89.8 Å². The van der Waals surface area contributed by atoms with Crippen LogP contribution in [0.15, 0.2) is 46.9 Å². The van der Waals surface area contributed by atoms with E-state index >= 15 is 0 Å². The van der Waals surface area contributed by atoms with Crippen LogP contribution in [0.5, 0.6) is 23.0 Å². The summed E-state index contributed by atoms with van der Waals surface area (Å²) in [6, 6.07) is 9.29. The molecule has 3 aromatic rings. The molecule has 3 aliphatic rings. The lowest BCUT2D eigenvalue weighted by Gasteiger charge is -2.42. The van der Waals surface area contributed by atoms with E-state index in [2.05, 4.69) is 0 Å². The number of hydrogen-bond acceptors (Lipinski definition) is 18. The molecule has 4 heterocycles. The highest BCUT2D eigenvalue weighted by Gasteiger charge is 2.48. The first-order valence-corrected chi connectivity index (χ1v) is 16.3. The van der Waals surface area contributed by atoms with Gasteiger partial charge in [-0.2, -0.15) is 0 Å². The zero-order chi connectivity index (χ0) is 37.6. The summed E-state index contributed by atoms with van der Waals surface area (Å²) in [5.41, 5.74) is 0.271. The maximum absolute atomic E-state index is 11.0. The summed E-state index contributed by atoms with van der Waals surface area (Å²) in [5, 5.41) is 124. The summed E-state index contributed by atoms with van der Waals surface area (Å²) < 4.78 is 39.8. The Balaban J connectivity index is 1.28. The second-order valence-corrected chi connectivity index (χ2v) is 12.8. The third-order valence-electron chi connectivity index (χ3n) is 9.18. The standard InChI is InChI=1S/C33H40O19/c1-11-21(37)24(40)27(43)31(47-11)46-10-20-23(39)26(42)29(45)33(52-20)50-18-8-15-16(36)6-14(48-32-28(44)25(41)22(38)19(9-34)51-32)7-17(15)49-30(18)12-2-4-13(35)5-3-12/h2-8,11,19-29,31-34,37-45H,9-10H2,1H3,(H-,35,36)/p+1. The number of ether oxygens (including phenoxy) is 6. The summed E-state index contributed by atoms with van der Waals surface area (Å²) in [4.78, 5) is 0. The molecule has 286 valence electrons. The average molecular weight is 742 g/mol. The van der Waals surface area contributed by atoms with Crippen molar-refractivity contribution in [2.45, 2.75) is 99.0 Å². The van der Waals surface area contributed by atoms with E-state index in [4.69, 9.17) is 32.8 Å². The van der Waals surface area contributed by atoms with Crippen LogP contribution < -0.4 is 9.47 Å². The Morgan fingerprint density at radius 2 is 1.21 bits per heavy atom. The molecule has 0 spiro atoms. The van der Waals surface area contributed by atoms with Gasteiger partial charge in [-0.15, -0.1) is 0 Å². The van der Waals surface area contributed by atoms with Crippen molar-refractivity contribution in [2.24, 2.45) is 0 Å². The van der Waals surface area contributed by atoms with Crippen LogP contribution >= 0.6 is 0 Å². The SMILES string of the molecule is CC1OC(OCC2OC(Oc3cc4c(O)cc(OC5OC(CO)C(O)C(O)C5O)cc4[o+]c3-c3ccc(O)cc3)C(O)C(O)C2O)C(O)C(O)C1O. The van der Waals surface area contributed by atoms with E-state index in [1.807, 2.05) is 0 Å². The highest BCUT2D eigenvalue weighted by Crippen LogP contribution is 2.41. The van der Waals surface area contributed by atoms with E-state index in [0.29, 0.717) is 5.56 Å². The molecule has 15 atom stereocenters. The van der Waals surface area contributed by atoms with Gasteiger partial charge in [0.05, 0.1) is 30.9 Å². The van der Waals surface area contributed by atoms with E-state index in [-0.39, 0.29) is 34.0 Å². The van der Waals surface area contributed by atoms with E-state index in [9.17, 15) is 61.3 Å². The summed E-state index contributed by atoms with van der Waals surface area (Å²) in [6.45, 7) is 0.197. The van der Waals surface area contributed by atoms with Crippen molar-refractivity contribution in [3.05, 3.63) is 42.5 Å². The number of aliphatic hydroxyl groups excluding tert-OH is 10. The summed E-state index contributed by atoms with van der Waals surface area (Å²) in [7, 11) is 0. The van der Waals surface area contributed by atoms with Gasteiger partial charge in [0.15, 0.2) is 6.29 Å². The van der Waals surface area contributed by atoms with Crippen LogP contribution in [0, 0.1) is 0 Å². The van der Waals surface area contributed by atoms with Crippen molar-refractivity contribution in [1.82, 2.24) is 0 Å². The fourth-order valence-corrected chi connectivity index (χ4v) is 6.06.